The predicted octanol–water partition coefficient (Wildman–Crippen LogP) is 2.16. The van der Waals surface area contributed by atoms with Crippen molar-refractivity contribution >= 4 is 29.1 Å². The summed E-state index contributed by atoms with van der Waals surface area (Å²) in [6.07, 6.45) is 0.0886. The van der Waals surface area contributed by atoms with Gasteiger partial charge in [0.25, 0.3) is 5.91 Å². The van der Waals surface area contributed by atoms with Crippen molar-refractivity contribution in [3.63, 3.8) is 0 Å². The summed E-state index contributed by atoms with van der Waals surface area (Å²) in [6, 6.07) is 6.63. The quantitative estimate of drug-likeness (QED) is 0.538. The Balaban J connectivity index is 2.43. The van der Waals surface area contributed by atoms with E-state index >= 15 is 0 Å². The van der Waals surface area contributed by atoms with E-state index in [1.165, 1.54) is 0 Å². The molecule has 1 heterocycles. The van der Waals surface area contributed by atoms with E-state index < -0.39 is 0 Å². The van der Waals surface area contributed by atoms with Gasteiger partial charge in [0.15, 0.2) is 0 Å². The molecule has 1 saturated heterocycles. The second-order valence-corrected chi connectivity index (χ2v) is 3.73. The highest BCUT2D eigenvalue weighted by Crippen LogP contribution is 2.26. The second kappa shape index (κ2) is 3.51. The molecule has 1 aromatic rings. The maximum absolute atomic E-state index is 11.6. The predicted molar refractivity (Wildman–Crippen MR) is 57.7 cm³/mol. The number of nitrogens with zero attached hydrogens (tertiary/aromatic N) is 1. The number of hydrogen-bond donors (Lipinski definition) is 0. The van der Waals surface area contributed by atoms with E-state index in [9.17, 15) is 9.59 Å². The summed E-state index contributed by atoms with van der Waals surface area (Å²) in [4.78, 5) is 24.2. The van der Waals surface area contributed by atoms with Crippen molar-refractivity contribution in [2.75, 3.05) is 4.90 Å². The third-order valence-corrected chi connectivity index (χ3v) is 2.42. The third-order valence-electron chi connectivity index (χ3n) is 2.19. The molecular weight excluding hydrogens is 214 g/mol. The Bertz CT molecular complexity index is 467. The van der Waals surface area contributed by atoms with Crippen LogP contribution >= 0.6 is 11.6 Å². The zero-order chi connectivity index (χ0) is 11.0. The molecule has 0 N–H and O–H groups in total. The van der Waals surface area contributed by atoms with E-state index in [1.807, 2.05) is 0 Å². The molecule has 1 aromatic carbocycles. The van der Waals surface area contributed by atoms with Crippen LogP contribution in [0.3, 0.4) is 0 Å². The molecule has 0 saturated carbocycles. The van der Waals surface area contributed by atoms with Crippen LogP contribution in [0.25, 0.3) is 0 Å². The molecule has 4 heteroatoms. The summed E-state index contributed by atoms with van der Waals surface area (Å²) < 4.78 is 0. The Morgan fingerprint density at radius 2 is 2.07 bits per heavy atom. The lowest BCUT2D eigenvalue weighted by molar-refractivity contribution is -0.120. The first kappa shape index (κ1) is 9.93. The Morgan fingerprint density at radius 1 is 1.33 bits per heavy atom. The van der Waals surface area contributed by atoms with Crippen molar-refractivity contribution < 1.29 is 9.59 Å². The molecule has 0 bridgehead atoms. The number of carbonyl (C=O) groups excluding carboxylic acids is 2. The molecule has 1 fully saturated rings. The lowest BCUT2D eigenvalue weighted by Crippen LogP contribution is -2.28. The molecule has 0 aromatic heterocycles. The number of carbonyl (C=O) groups is 2. The van der Waals surface area contributed by atoms with Crippen LogP contribution in [0, 0.1) is 0 Å². The minimum atomic E-state index is -0.345. The van der Waals surface area contributed by atoms with Gasteiger partial charge < -0.3 is 0 Å². The van der Waals surface area contributed by atoms with Crippen LogP contribution in [0.1, 0.15) is 6.42 Å². The van der Waals surface area contributed by atoms with Crippen molar-refractivity contribution in [1.29, 1.82) is 0 Å². The van der Waals surface area contributed by atoms with Crippen molar-refractivity contribution in [2.24, 2.45) is 0 Å². The van der Waals surface area contributed by atoms with Crippen LogP contribution < -0.4 is 4.90 Å². The minimum absolute atomic E-state index is 0.0886. The standard InChI is InChI=1S/C11H8ClNO2/c1-7-5-10(14)13(11(7)15)9-4-2-3-8(12)6-9/h2-4,6H,1,5H2. The molecule has 0 aliphatic carbocycles. The molecule has 1 aliphatic heterocycles. The van der Waals surface area contributed by atoms with Crippen molar-refractivity contribution in [3.8, 4) is 0 Å². The number of imide groups is 1. The molecular formula is C11H8ClNO2. The third kappa shape index (κ3) is 1.66. The van der Waals surface area contributed by atoms with E-state index in [2.05, 4.69) is 6.58 Å². The van der Waals surface area contributed by atoms with Gasteiger partial charge in [0, 0.05) is 10.6 Å². The second-order valence-electron chi connectivity index (χ2n) is 3.29. The van der Waals surface area contributed by atoms with Gasteiger partial charge in [0.1, 0.15) is 0 Å². The van der Waals surface area contributed by atoms with Gasteiger partial charge in [-0.05, 0) is 18.2 Å². The number of anilines is 1. The van der Waals surface area contributed by atoms with Gasteiger partial charge in [-0.25, -0.2) is 4.90 Å². The first-order chi connectivity index (χ1) is 7.09. The SMILES string of the molecule is C=C1CC(=O)N(c2cccc(Cl)c2)C1=O. The molecule has 1 aliphatic rings. The van der Waals surface area contributed by atoms with Gasteiger partial charge in [-0.3, -0.25) is 9.59 Å². The molecule has 2 amide bonds. The number of halogens is 1. The Labute approximate surface area is 91.9 Å². The average molecular weight is 222 g/mol. The summed E-state index contributed by atoms with van der Waals surface area (Å²) >= 11 is 5.78. The number of benzene rings is 1. The van der Waals surface area contributed by atoms with E-state index in [0.717, 1.165) is 4.90 Å². The summed E-state index contributed by atoms with van der Waals surface area (Å²) in [5, 5.41) is 0.491. The number of amides is 2. The van der Waals surface area contributed by atoms with Gasteiger partial charge >= 0.3 is 0 Å². The fourth-order valence-corrected chi connectivity index (χ4v) is 1.67. The first-order valence-corrected chi connectivity index (χ1v) is 4.78. The van der Waals surface area contributed by atoms with Crippen LogP contribution in [0.2, 0.25) is 5.02 Å². The lowest BCUT2D eigenvalue weighted by Gasteiger charge is -2.13. The molecule has 15 heavy (non-hydrogen) atoms. The lowest BCUT2D eigenvalue weighted by atomic mass is 10.3. The Kier molecular flexibility index (Phi) is 2.32. The zero-order valence-electron chi connectivity index (χ0n) is 7.87. The van der Waals surface area contributed by atoms with Crippen LogP contribution in [0.15, 0.2) is 36.4 Å². The highest BCUT2D eigenvalue weighted by Gasteiger charge is 2.33. The van der Waals surface area contributed by atoms with E-state index in [0.29, 0.717) is 16.3 Å². The molecule has 0 unspecified atom stereocenters. The highest BCUT2D eigenvalue weighted by atomic mass is 35.5. The van der Waals surface area contributed by atoms with Crippen LogP contribution in [0.5, 0.6) is 0 Å². The Morgan fingerprint density at radius 3 is 2.60 bits per heavy atom. The monoisotopic (exact) mass is 221 g/mol. The van der Waals surface area contributed by atoms with Crippen LogP contribution in [0.4, 0.5) is 5.69 Å². The maximum atomic E-state index is 11.6. The summed E-state index contributed by atoms with van der Waals surface area (Å²) in [5.41, 5.74) is 0.816. The van der Waals surface area contributed by atoms with Crippen LogP contribution in [-0.4, -0.2) is 11.8 Å². The Hall–Kier alpha value is -1.61. The summed E-state index contributed by atoms with van der Waals surface area (Å²) in [5.74, 6) is -0.602. The molecule has 2 rings (SSSR count). The van der Waals surface area contributed by atoms with Gasteiger partial charge in [-0.1, -0.05) is 24.2 Å². The van der Waals surface area contributed by atoms with Gasteiger partial charge in [-0.15, -0.1) is 0 Å². The van der Waals surface area contributed by atoms with E-state index in [1.54, 1.807) is 24.3 Å². The van der Waals surface area contributed by atoms with Crippen molar-refractivity contribution in [3.05, 3.63) is 41.4 Å². The normalized spacial score (nSPS) is 16.3. The van der Waals surface area contributed by atoms with Gasteiger partial charge in [-0.2, -0.15) is 0 Å². The molecule has 76 valence electrons. The first-order valence-electron chi connectivity index (χ1n) is 4.40. The van der Waals surface area contributed by atoms with Crippen molar-refractivity contribution in [2.45, 2.75) is 6.42 Å². The maximum Gasteiger partial charge on any atom is 0.260 e. The average Bonchev–Trinajstić information content (AvgIpc) is 2.41. The summed E-state index contributed by atoms with van der Waals surface area (Å²) in [6.45, 7) is 3.54. The van der Waals surface area contributed by atoms with Gasteiger partial charge in [0.05, 0.1) is 12.1 Å². The number of hydrogen-bond acceptors (Lipinski definition) is 2. The van der Waals surface area contributed by atoms with E-state index in [-0.39, 0.29) is 18.2 Å². The fourth-order valence-electron chi connectivity index (χ4n) is 1.49. The van der Waals surface area contributed by atoms with Crippen LogP contribution in [-0.2, 0) is 9.59 Å². The van der Waals surface area contributed by atoms with E-state index in [4.69, 9.17) is 11.6 Å². The minimum Gasteiger partial charge on any atom is -0.274 e. The molecule has 0 spiro atoms. The number of rotatable bonds is 1. The molecule has 3 nitrogen and oxygen atoms in total. The fraction of sp³-hybridized carbons (Fsp3) is 0.0909. The van der Waals surface area contributed by atoms with Crippen molar-refractivity contribution in [1.82, 2.24) is 0 Å². The smallest absolute Gasteiger partial charge is 0.260 e. The van der Waals surface area contributed by atoms with Gasteiger partial charge in [0.2, 0.25) is 5.91 Å². The zero-order valence-corrected chi connectivity index (χ0v) is 8.62. The largest absolute Gasteiger partial charge is 0.274 e. The highest BCUT2D eigenvalue weighted by molar-refractivity contribution is 6.32. The molecule has 0 atom stereocenters. The summed E-state index contributed by atoms with van der Waals surface area (Å²) in [7, 11) is 0. The molecule has 0 radical (unpaired) electrons. The topological polar surface area (TPSA) is 37.4 Å².